The van der Waals surface area contributed by atoms with Gasteiger partial charge in [-0.2, -0.15) is 0 Å². The normalized spacial score (nSPS) is 15.4. The second kappa shape index (κ2) is 9.87. The fraction of sp³-hybridized carbons (Fsp3) is 0.0357. The lowest BCUT2D eigenvalue weighted by molar-refractivity contribution is -0.115. The highest BCUT2D eigenvalue weighted by Gasteiger charge is 2.24. The van der Waals surface area contributed by atoms with Gasteiger partial charge in [-0.1, -0.05) is 54.6 Å². The number of para-hydroxylation sites is 1. The summed E-state index contributed by atoms with van der Waals surface area (Å²) in [5.41, 5.74) is 1.79. The standard InChI is InChI=1S/C28H20N2O4S/c1-33-21-15-13-20(14-16-21)29-28-30-26(31)25(35-28)17-19-8-3-5-12-24(19)34-27(32)23-11-6-9-18-7-2-4-10-22(18)23/h2-17H,1H3,(H,29,30,31)/b25-17-. The van der Waals surface area contributed by atoms with Crippen LogP contribution in [-0.4, -0.2) is 24.2 Å². The average molecular weight is 481 g/mol. The van der Waals surface area contributed by atoms with Gasteiger partial charge < -0.3 is 14.8 Å². The van der Waals surface area contributed by atoms with Crippen LogP contribution in [0, 0.1) is 0 Å². The van der Waals surface area contributed by atoms with Crippen LogP contribution in [0.25, 0.3) is 16.8 Å². The van der Waals surface area contributed by atoms with Crippen LogP contribution in [0.15, 0.2) is 101 Å². The summed E-state index contributed by atoms with van der Waals surface area (Å²) in [5, 5.41) is 5.02. The van der Waals surface area contributed by atoms with E-state index in [2.05, 4.69) is 10.3 Å². The first-order valence-corrected chi connectivity index (χ1v) is 11.6. The molecular weight excluding hydrogens is 460 g/mol. The van der Waals surface area contributed by atoms with Crippen LogP contribution in [0.5, 0.6) is 11.5 Å². The van der Waals surface area contributed by atoms with E-state index in [4.69, 9.17) is 9.47 Å². The number of carbonyl (C=O) groups is 2. The van der Waals surface area contributed by atoms with Crippen molar-refractivity contribution in [2.24, 2.45) is 4.99 Å². The topological polar surface area (TPSA) is 77.0 Å². The first kappa shape index (κ1) is 22.4. The van der Waals surface area contributed by atoms with E-state index >= 15 is 0 Å². The Morgan fingerprint density at radius 3 is 2.49 bits per heavy atom. The predicted octanol–water partition coefficient (Wildman–Crippen LogP) is 5.96. The quantitative estimate of drug-likeness (QED) is 0.217. The Hall–Kier alpha value is -4.36. The minimum absolute atomic E-state index is 0.266. The number of amides is 1. The van der Waals surface area contributed by atoms with Crippen molar-refractivity contribution >= 4 is 51.3 Å². The lowest BCUT2D eigenvalue weighted by Gasteiger charge is -2.09. The van der Waals surface area contributed by atoms with E-state index in [9.17, 15) is 9.59 Å². The molecule has 1 N–H and O–H groups in total. The Labute approximate surface area is 206 Å². The third kappa shape index (κ3) is 4.95. The highest BCUT2D eigenvalue weighted by molar-refractivity contribution is 8.18. The summed E-state index contributed by atoms with van der Waals surface area (Å²) in [6.07, 6.45) is 1.70. The molecule has 6 nitrogen and oxygen atoms in total. The maximum atomic E-state index is 13.0. The number of fused-ring (bicyclic) bond motifs is 1. The zero-order valence-electron chi connectivity index (χ0n) is 18.7. The van der Waals surface area contributed by atoms with E-state index in [0.717, 1.165) is 16.5 Å². The molecule has 1 fully saturated rings. The van der Waals surface area contributed by atoms with Crippen molar-refractivity contribution in [2.45, 2.75) is 0 Å². The van der Waals surface area contributed by atoms with Crippen molar-refractivity contribution in [1.29, 1.82) is 0 Å². The van der Waals surface area contributed by atoms with E-state index < -0.39 is 5.97 Å². The van der Waals surface area contributed by atoms with E-state index in [-0.39, 0.29) is 5.91 Å². The average Bonchev–Trinajstić information content (AvgIpc) is 3.23. The summed E-state index contributed by atoms with van der Waals surface area (Å²) in [4.78, 5) is 30.5. The molecule has 1 heterocycles. The first-order chi connectivity index (χ1) is 17.1. The molecule has 1 saturated heterocycles. The van der Waals surface area contributed by atoms with Gasteiger partial charge in [0.05, 0.1) is 23.3 Å². The zero-order chi connectivity index (χ0) is 24.2. The Bertz CT molecular complexity index is 1490. The smallest absolute Gasteiger partial charge is 0.344 e. The maximum Gasteiger partial charge on any atom is 0.344 e. The molecule has 1 aliphatic heterocycles. The number of amidine groups is 1. The molecule has 0 atom stereocenters. The molecule has 4 aromatic rings. The molecule has 1 aliphatic rings. The largest absolute Gasteiger partial charge is 0.497 e. The van der Waals surface area contributed by atoms with E-state index in [0.29, 0.717) is 32.6 Å². The molecule has 35 heavy (non-hydrogen) atoms. The van der Waals surface area contributed by atoms with Gasteiger partial charge >= 0.3 is 5.97 Å². The molecule has 7 heteroatoms. The second-order valence-electron chi connectivity index (χ2n) is 7.63. The monoisotopic (exact) mass is 480 g/mol. The molecular formula is C28H20N2O4S. The SMILES string of the molecule is COc1ccc(N=C2NC(=O)/C(=C/c3ccccc3OC(=O)c3cccc4ccccc34)S2)cc1. The van der Waals surface area contributed by atoms with Crippen molar-refractivity contribution in [1.82, 2.24) is 5.32 Å². The summed E-state index contributed by atoms with van der Waals surface area (Å²) in [5.74, 6) is 0.370. The van der Waals surface area contributed by atoms with Crippen LogP contribution in [0.4, 0.5) is 5.69 Å². The van der Waals surface area contributed by atoms with Gasteiger partial charge in [0.2, 0.25) is 0 Å². The molecule has 0 unspecified atom stereocenters. The van der Waals surface area contributed by atoms with Gasteiger partial charge in [-0.05, 0) is 65.0 Å². The number of esters is 1. The Balaban J connectivity index is 1.39. The number of ether oxygens (including phenoxy) is 2. The minimum atomic E-state index is -0.460. The molecule has 1 amide bonds. The van der Waals surface area contributed by atoms with Crippen molar-refractivity contribution < 1.29 is 19.1 Å². The molecule has 0 radical (unpaired) electrons. The van der Waals surface area contributed by atoms with Gasteiger partial charge in [0.25, 0.3) is 5.91 Å². The van der Waals surface area contributed by atoms with Crippen molar-refractivity contribution in [3.63, 3.8) is 0 Å². The van der Waals surface area contributed by atoms with Gasteiger partial charge in [0, 0.05) is 5.56 Å². The number of carbonyl (C=O) groups excluding carboxylic acids is 2. The fourth-order valence-electron chi connectivity index (χ4n) is 3.65. The van der Waals surface area contributed by atoms with Crippen molar-refractivity contribution in [3.05, 3.63) is 107 Å². The maximum absolute atomic E-state index is 13.0. The lowest BCUT2D eigenvalue weighted by Crippen LogP contribution is -2.19. The predicted molar refractivity (Wildman–Crippen MR) is 139 cm³/mol. The lowest BCUT2D eigenvalue weighted by atomic mass is 10.0. The number of nitrogens with one attached hydrogen (secondary N) is 1. The number of methoxy groups -OCH3 is 1. The van der Waals surface area contributed by atoms with Crippen molar-refractivity contribution in [2.75, 3.05) is 7.11 Å². The van der Waals surface area contributed by atoms with E-state index in [1.165, 1.54) is 11.8 Å². The third-order valence-corrected chi connectivity index (χ3v) is 6.28. The molecule has 5 rings (SSSR count). The Kier molecular flexibility index (Phi) is 6.32. The molecule has 0 saturated carbocycles. The van der Waals surface area contributed by atoms with Crippen LogP contribution in [0.3, 0.4) is 0 Å². The van der Waals surface area contributed by atoms with Crippen LogP contribution in [0.1, 0.15) is 15.9 Å². The Morgan fingerprint density at radius 2 is 1.66 bits per heavy atom. The molecule has 0 aromatic heterocycles. The molecule has 0 aliphatic carbocycles. The molecule has 0 spiro atoms. The summed E-state index contributed by atoms with van der Waals surface area (Å²) < 4.78 is 10.9. The van der Waals surface area contributed by atoms with Gasteiger partial charge in [-0.25, -0.2) is 9.79 Å². The highest BCUT2D eigenvalue weighted by atomic mass is 32.2. The van der Waals surface area contributed by atoms with Gasteiger partial charge in [0.1, 0.15) is 11.5 Å². The number of benzene rings is 4. The molecule has 172 valence electrons. The van der Waals surface area contributed by atoms with Crippen LogP contribution >= 0.6 is 11.8 Å². The zero-order valence-corrected chi connectivity index (χ0v) is 19.5. The van der Waals surface area contributed by atoms with Gasteiger partial charge in [-0.3, -0.25) is 4.79 Å². The molecule has 4 aromatic carbocycles. The van der Waals surface area contributed by atoms with E-state index in [1.807, 2.05) is 54.6 Å². The number of rotatable bonds is 5. The number of hydrogen-bond acceptors (Lipinski definition) is 6. The van der Waals surface area contributed by atoms with Crippen LogP contribution < -0.4 is 14.8 Å². The number of hydrogen-bond donors (Lipinski definition) is 1. The van der Waals surface area contributed by atoms with E-state index in [1.54, 1.807) is 49.6 Å². The van der Waals surface area contributed by atoms with Gasteiger partial charge in [-0.15, -0.1) is 0 Å². The summed E-state index contributed by atoms with van der Waals surface area (Å²) >= 11 is 1.22. The number of aliphatic imine (C=N–C) groups is 1. The van der Waals surface area contributed by atoms with Crippen LogP contribution in [0.2, 0.25) is 0 Å². The first-order valence-electron chi connectivity index (χ1n) is 10.8. The summed E-state index contributed by atoms with van der Waals surface area (Å²) in [6.45, 7) is 0. The second-order valence-corrected chi connectivity index (χ2v) is 8.66. The molecule has 0 bridgehead atoms. The Morgan fingerprint density at radius 1 is 0.914 bits per heavy atom. The number of nitrogens with zero attached hydrogens (tertiary/aromatic N) is 1. The fourth-order valence-corrected chi connectivity index (χ4v) is 4.48. The highest BCUT2D eigenvalue weighted by Crippen LogP contribution is 2.31. The summed E-state index contributed by atoms with van der Waals surface area (Å²) in [7, 11) is 1.60. The minimum Gasteiger partial charge on any atom is -0.497 e. The summed E-state index contributed by atoms with van der Waals surface area (Å²) in [6, 6.07) is 27.5. The van der Waals surface area contributed by atoms with Crippen LogP contribution in [-0.2, 0) is 4.79 Å². The van der Waals surface area contributed by atoms with Crippen molar-refractivity contribution in [3.8, 4) is 11.5 Å². The number of thioether (sulfide) groups is 1. The van der Waals surface area contributed by atoms with Gasteiger partial charge in [0.15, 0.2) is 5.17 Å². The third-order valence-electron chi connectivity index (χ3n) is 5.37.